The van der Waals surface area contributed by atoms with Gasteiger partial charge in [0, 0.05) is 13.1 Å². The average Bonchev–Trinajstić information content (AvgIpc) is 2.42. The van der Waals surface area contributed by atoms with Crippen LogP contribution in [0.1, 0.15) is 34.1 Å². The summed E-state index contributed by atoms with van der Waals surface area (Å²) in [5, 5.41) is 9.36. The van der Waals surface area contributed by atoms with Crippen LogP contribution in [0.3, 0.4) is 0 Å². The third kappa shape index (κ3) is 5.91. The predicted molar refractivity (Wildman–Crippen MR) is 84.0 cm³/mol. The zero-order valence-electron chi connectivity index (χ0n) is 12.9. The van der Waals surface area contributed by atoms with E-state index in [1.807, 2.05) is 13.0 Å². The van der Waals surface area contributed by atoms with Gasteiger partial charge in [-0.15, -0.1) is 0 Å². The summed E-state index contributed by atoms with van der Waals surface area (Å²) >= 11 is 0. The molecule has 5 heteroatoms. The number of amides is 1. The van der Waals surface area contributed by atoms with Crippen molar-refractivity contribution in [3.8, 4) is 0 Å². The fourth-order valence-corrected chi connectivity index (χ4v) is 1.66. The summed E-state index contributed by atoms with van der Waals surface area (Å²) in [6, 6.07) is 1.69. The lowest BCUT2D eigenvalue weighted by Crippen LogP contribution is -2.39. The molecule has 0 aliphatic heterocycles. The first kappa shape index (κ1) is 16.3. The standard InChI is InChI=1S/C15H26N4O/c1-5-6-17-13-7-14(10-16-9-13)19-12(4)15(20)18-8-11(2)3/h7,9-12,17,19H,5-6,8H2,1-4H3,(H,18,20). The summed E-state index contributed by atoms with van der Waals surface area (Å²) < 4.78 is 0. The zero-order chi connectivity index (χ0) is 15.0. The molecular formula is C15H26N4O. The van der Waals surface area contributed by atoms with Gasteiger partial charge in [0.2, 0.25) is 5.91 Å². The van der Waals surface area contributed by atoms with Gasteiger partial charge in [-0.25, -0.2) is 0 Å². The molecular weight excluding hydrogens is 252 g/mol. The Bertz CT molecular complexity index is 420. The molecule has 1 unspecified atom stereocenters. The molecule has 20 heavy (non-hydrogen) atoms. The van der Waals surface area contributed by atoms with Gasteiger partial charge in [0.15, 0.2) is 0 Å². The van der Waals surface area contributed by atoms with Crippen LogP contribution in [0.4, 0.5) is 11.4 Å². The van der Waals surface area contributed by atoms with E-state index >= 15 is 0 Å². The molecule has 1 atom stereocenters. The lowest BCUT2D eigenvalue weighted by atomic mass is 10.2. The number of hydrogen-bond acceptors (Lipinski definition) is 4. The molecule has 0 saturated carbocycles. The van der Waals surface area contributed by atoms with E-state index in [1.165, 1.54) is 0 Å². The number of hydrogen-bond donors (Lipinski definition) is 3. The fourth-order valence-electron chi connectivity index (χ4n) is 1.66. The van der Waals surface area contributed by atoms with Gasteiger partial charge in [0.25, 0.3) is 0 Å². The van der Waals surface area contributed by atoms with E-state index in [-0.39, 0.29) is 11.9 Å². The summed E-state index contributed by atoms with van der Waals surface area (Å²) in [6.07, 6.45) is 4.57. The number of carbonyl (C=O) groups is 1. The van der Waals surface area contributed by atoms with Gasteiger partial charge in [-0.2, -0.15) is 0 Å². The first-order valence-electron chi connectivity index (χ1n) is 7.26. The Balaban J connectivity index is 2.52. The monoisotopic (exact) mass is 278 g/mol. The van der Waals surface area contributed by atoms with Crippen molar-refractivity contribution in [1.82, 2.24) is 10.3 Å². The highest BCUT2D eigenvalue weighted by Gasteiger charge is 2.12. The second-order valence-corrected chi connectivity index (χ2v) is 5.39. The first-order chi connectivity index (χ1) is 9.52. The largest absolute Gasteiger partial charge is 0.384 e. The number of nitrogens with one attached hydrogen (secondary N) is 3. The molecule has 3 N–H and O–H groups in total. The summed E-state index contributed by atoms with van der Waals surface area (Å²) in [7, 11) is 0. The smallest absolute Gasteiger partial charge is 0.242 e. The van der Waals surface area contributed by atoms with Gasteiger partial charge in [0.05, 0.1) is 23.8 Å². The van der Waals surface area contributed by atoms with Crippen LogP contribution in [0.25, 0.3) is 0 Å². The first-order valence-corrected chi connectivity index (χ1v) is 7.26. The molecule has 0 fully saturated rings. The Morgan fingerprint density at radius 1 is 1.25 bits per heavy atom. The zero-order valence-corrected chi connectivity index (χ0v) is 12.9. The molecule has 5 nitrogen and oxygen atoms in total. The lowest BCUT2D eigenvalue weighted by molar-refractivity contribution is -0.121. The number of anilines is 2. The SMILES string of the molecule is CCCNc1cncc(NC(C)C(=O)NCC(C)C)c1. The van der Waals surface area contributed by atoms with Gasteiger partial charge >= 0.3 is 0 Å². The Labute approximate surface area is 121 Å². The molecule has 112 valence electrons. The number of carbonyl (C=O) groups excluding carboxylic acids is 1. The van der Waals surface area contributed by atoms with E-state index in [2.05, 4.69) is 41.7 Å². The molecule has 0 spiro atoms. The van der Waals surface area contributed by atoms with Crippen LogP contribution in [-0.4, -0.2) is 30.0 Å². The van der Waals surface area contributed by atoms with Crippen molar-refractivity contribution < 1.29 is 4.79 Å². The highest BCUT2D eigenvalue weighted by atomic mass is 16.2. The molecule has 1 heterocycles. The summed E-state index contributed by atoms with van der Waals surface area (Å²) in [6.45, 7) is 9.72. The molecule has 1 rings (SSSR count). The second kappa shape index (κ2) is 8.40. The van der Waals surface area contributed by atoms with E-state index in [9.17, 15) is 4.79 Å². The Morgan fingerprint density at radius 3 is 2.60 bits per heavy atom. The number of aromatic nitrogens is 1. The molecule has 0 saturated heterocycles. The highest BCUT2D eigenvalue weighted by molar-refractivity contribution is 5.84. The minimum atomic E-state index is -0.281. The average molecular weight is 278 g/mol. The van der Waals surface area contributed by atoms with Crippen molar-refractivity contribution in [1.29, 1.82) is 0 Å². The molecule has 1 aromatic heterocycles. The predicted octanol–water partition coefficient (Wildman–Crippen LogP) is 2.48. The van der Waals surface area contributed by atoms with Crippen molar-refractivity contribution in [3.63, 3.8) is 0 Å². The van der Waals surface area contributed by atoms with E-state index in [0.29, 0.717) is 12.5 Å². The third-order valence-corrected chi connectivity index (χ3v) is 2.78. The second-order valence-electron chi connectivity index (χ2n) is 5.39. The van der Waals surface area contributed by atoms with Crippen LogP contribution < -0.4 is 16.0 Å². The molecule has 0 aliphatic carbocycles. The van der Waals surface area contributed by atoms with E-state index in [0.717, 1.165) is 24.3 Å². The quantitative estimate of drug-likeness (QED) is 0.683. The molecule has 0 radical (unpaired) electrons. The van der Waals surface area contributed by atoms with Gasteiger partial charge in [-0.3, -0.25) is 9.78 Å². The molecule has 0 bridgehead atoms. The van der Waals surface area contributed by atoms with Crippen LogP contribution in [0, 0.1) is 5.92 Å². The Kier molecular flexibility index (Phi) is 6.84. The fraction of sp³-hybridized carbons (Fsp3) is 0.600. The van der Waals surface area contributed by atoms with Crippen LogP contribution in [-0.2, 0) is 4.79 Å². The molecule has 0 aliphatic rings. The number of nitrogens with zero attached hydrogens (tertiary/aromatic N) is 1. The van der Waals surface area contributed by atoms with Crippen LogP contribution in [0.5, 0.6) is 0 Å². The molecule has 1 amide bonds. The van der Waals surface area contributed by atoms with Crippen LogP contribution in [0.15, 0.2) is 18.5 Å². The van der Waals surface area contributed by atoms with Crippen molar-refractivity contribution in [3.05, 3.63) is 18.5 Å². The number of pyridine rings is 1. The molecule has 1 aromatic rings. The Morgan fingerprint density at radius 2 is 1.95 bits per heavy atom. The summed E-state index contributed by atoms with van der Waals surface area (Å²) in [5.74, 6) is 0.458. The van der Waals surface area contributed by atoms with E-state index < -0.39 is 0 Å². The summed E-state index contributed by atoms with van der Waals surface area (Å²) in [4.78, 5) is 16.1. The molecule has 0 aromatic carbocycles. The van der Waals surface area contributed by atoms with Gasteiger partial charge in [-0.05, 0) is 25.3 Å². The van der Waals surface area contributed by atoms with Crippen molar-refractivity contribution in [2.45, 2.75) is 40.2 Å². The maximum atomic E-state index is 11.9. The van der Waals surface area contributed by atoms with Crippen molar-refractivity contribution in [2.75, 3.05) is 23.7 Å². The van der Waals surface area contributed by atoms with Crippen LogP contribution >= 0.6 is 0 Å². The van der Waals surface area contributed by atoms with Crippen LogP contribution in [0.2, 0.25) is 0 Å². The van der Waals surface area contributed by atoms with Gasteiger partial charge in [-0.1, -0.05) is 20.8 Å². The van der Waals surface area contributed by atoms with Crippen molar-refractivity contribution in [2.24, 2.45) is 5.92 Å². The number of rotatable bonds is 8. The summed E-state index contributed by atoms with van der Waals surface area (Å²) in [5.41, 5.74) is 1.81. The Hall–Kier alpha value is -1.78. The van der Waals surface area contributed by atoms with Gasteiger partial charge in [0.1, 0.15) is 6.04 Å². The van der Waals surface area contributed by atoms with Crippen molar-refractivity contribution >= 4 is 17.3 Å². The highest BCUT2D eigenvalue weighted by Crippen LogP contribution is 2.13. The van der Waals surface area contributed by atoms with E-state index in [1.54, 1.807) is 12.4 Å². The lowest BCUT2D eigenvalue weighted by Gasteiger charge is -2.16. The van der Waals surface area contributed by atoms with E-state index in [4.69, 9.17) is 0 Å². The normalized spacial score (nSPS) is 12.1. The van der Waals surface area contributed by atoms with Gasteiger partial charge < -0.3 is 16.0 Å². The minimum absolute atomic E-state index is 0.00520. The minimum Gasteiger partial charge on any atom is -0.384 e. The third-order valence-electron chi connectivity index (χ3n) is 2.78. The maximum Gasteiger partial charge on any atom is 0.242 e. The maximum absolute atomic E-state index is 11.9. The topological polar surface area (TPSA) is 66.0 Å².